The lowest BCUT2D eigenvalue weighted by Crippen LogP contribution is -2.25. The smallest absolute Gasteiger partial charge is 0.263 e. The van der Waals surface area contributed by atoms with Gasteiger partial charge in [0.05, 0.1) is 16.4 Å². The van der Waals surface area contributed by atoms with Gasteiger partial charge in [-0.2, -0.15) is 0 Å². The molecule has 0 fully saturated rings. The van der Waals surface area contributed by atoms with E-state index in [1.54, 1.807) is 18.0 Å². The molecule has 1 rings (SSSR count). The SMILES string of the molecule is CCN(C)C(=O)c1ccc(C#CCCO)s1. The van der Waals surface area contributed by atoms with Crippen molar-refractivity contribution in [2.24, 2.45) is 0 Å². The van der Waals surface area contributed by atoms with Gasteiger partial charge in [-0.05, 0) is 19.1 Å². The van der Waals surface area contributed by atoms with Crippen LogP contribution < -0.4 is 0 Å². The number of thiophene rings is 1. The molecule has 3 nitrogen and oxygen atoms in total. The molecular formula is C12H15NO2S. The van der Waals surface area contributed by atoms with Gasteiger partial charge in [-0.25, -0.2) is 0 Å². The Hall–Kier alpha value is -1.31. The number of hydrogen-bond acceptors (Lipinski definition) is 3. The molecule has 1 aromatic heterocycles. The van der Waals surface area contributed by atoms with Crippen molar-refractivity contribution in [1.82, 2.24) is 4.90 Å². The third kappa shape index (κ3) is 3.37. The Balaban J connectivity index is 2.72. The summed E-state index contributed by atoms with van der Waals surface area (Å²) in [6, 6.07) is 3.63. The van der Waals surface area contributed by atoms with Crippen LogP contribution in [0, 0.1) is 11.8 Å². The molecule has 0 spiro atoms. The first-order valence-corrected chi connectivity index (χ1v) is 5.95. The fourth-order valence-electron chi connectivity index (χ4n) is 1.06. The van der Waals surface area contributed by atoms with Gasteiger partial charge in [-0.15, -0.1) is 11.3 Å². The summed E-state index contributed by atoms with van der Waals surface area (Å²) in [6.45, 7) is 2.71. The van der Waals surface area contributed by atoms with Gasteiger partial charge in [0, 0.05) is 20.0 Å². The van der Waals surface area contributed by atoms with Gasteiger partial charge in [-0.1, -0.05) is 11.8 Å². The Morgan fingerprint density at radius 1 is 1.56 bits per heavy atom. The second-order valence-corrected chi connectivity index (χ2v) is 4.34. The summed E-state index contributed by atoms with van der Waals surface area (Å²) >= 11 is 1.39. The number of aliphatic hydroxyl groups is 1. The highest BCUT2D eigenvalue weighted by molar-refractivity contribution is 7.14. The maximum Gasteiger partial charge on any atom is 0.263 e. The molecule has 0 atom stereocenters. The first-order chi connectivity index (χ1) is 7.69. The Morgan fingerprint density at radius 3 is 2.94 bits per heavy atom. The van der Waals surface area contributed by atoms with Crippen LogP contribution in [0.25, 0.3) is 0 Å². The van der Waals surface area contributed by atoms with E-state index in [2.05, 4.69) is 11.8 Å². The maximum absolute atomic E-state index is 11.8. The highest BCUT2D eigenvalue weighted by Gasteiger charge is 2.11. The number of rotatable bonds is 3. The summed E-state index contributed by atoms with van der Waals surface area (Å²) in [6.07, 6.45) is 0.468. The molecule has 0 unspecified atom stereocenters. The lowest BCUT2D eigenvalue weighted by molar-refractivity contribution is 0.0807. The van der Waals surface area contributed by atoms with Crippen LogP contribution in [-0.2, 0) is 0 Å². The molecule has 0 aliphatic carbocycles. The van der Waals surface area contributed by atoms with E-state index in [0.717, 1.165) is 4.88 Å². The van der Waals surface area contributed by atoms with Crippen molar-refractivity contribution >= 4 is 17.2 Å². The molecule has 0 saturated heterocycles. The van der Waals surface area contributed by atoms with Crippen molar-refractivity contribution in [2.45, 2.75) is 13.3 Å². The van der Waals surface area contributed by atoms with Gasteiger partial charge in [0.15, 0.2) is 0 Å². The molecule has 0 radical (unpaired) electrons. The van der Waals surface area contributed by atoms with E-state index >= 15 is 0 Å². The van der Waals surface area contributed by atoms with Crippen LogP contribution in [0.15, 0.2) is 12.1 Å². The van der Waals surface area contributed by atoms with E-state index in [4.69, 9.17) is 5.11 Å². The number of carbonyl (C=O) groups is 1. The van der Waals surface area contributed by atoms with Gasteiger partial charge in [0.25, 0.3) is 5.91 Å². The fraction of sp³-hybridized carbons (Fsp3) is 0.417. The quantitative estimate of drug-likeness (QED) is 0.811. The Morgan fingerprint density at radius 2 is 2.31 bits per heavy atom. The number of carbonyl (C=O) groups excluding carboxylic acids is 1. The third-order valence-corrected chi connectivity index (χ3v) is 3.07. The minimum absolute atomic E-state index is 0.0303. The van der Waals surface area contributed by atoms with Crippen molar-refractivity contribution in [3.05, 3.63) is 21.9 Å². The predicted octanol–water partition coefficient (Wildman–Crippen LogP) is 1.57. The predicted molar refractivity (Wildman–Crippen MR) is 65.5 cm³/mol. The first kappa shape index (κ1) is 12.8. The summed E-state index contributed by atoms with van der Waals surface area (Å²) in [7, 11) is 1.78. The molecule has 0 bridgehead atoms. The molecular weight excluding hydrogens is 222 g/mol. The zero-order chi connectivity index (χ0) is 12.0. The summed E-state index contributed by atoms with van der Waals surface area (Å²) in [4.78, 5) is 15.0. The monoisotopic (exact) mass is 237 g/mol. The second-order valence-electron chi connectivity index (χ2n) is 3.26. The Kier molecular flexibility index (Phi) is 5.03. The van der Waals surface area contributed by atoms with Crippen LogP contribution in [0.5, 0.6) is 0 Å². The van der Waals surface area contributed by atoms with Crippen molar-refractivity contribution in [2.75, 3.05) is 20.2 Å². The molecule has 4 heteroatoms. The van der Waals surface area contributed by atoms with Crippen LogP contribution in [0.2, 0.25) is 0 Å². The number of amides is 1. The summed E-state index contributed by atoms with van der Waals surface area (Å²) in [5.74, 6) is 5.78. The van der Waals surface area contributed by atoms with E-state index in [1.807, 2.05) is 13.0 Å². The number of aliphatic hydroxyl groups excluding tert-OH is 1. The lowest BCUT2D eigenvalue weighted by Gasteiger charge is -2.12. The van der Waals surface area contributed by atoms with E-state index in [1.165, 1.54) is 11.3 Å². The largest absolute Gasteiger partial charge is 0.395 e. The molecule has 0 aromatic carbocycles. The van der Waals surface area contributed by atoms with Crippen LogP contribution in [-0.4, -0.2) is 36.1 Å². The van der Waals surface area contributed by atoms with Gasteiger partial charge >= 0.3 is 0 Å². The fourth-order valence-corrected chi connectivity index (χ4v) is 1.93. The van der Waals surface area contributed by atoms with Gasteiger partial charge in [-0.3, -0.25) is 4.79 Å². The molecule has 86 valence electrons. The molecule has 0 saturated carbocycles. The summed E-state index contributed by atoms with van der Waals surface area (Å²) in [5, 5.41) is 8.58. The van der Waals surface area contributed by atoms with Crippen molar-refractivity contribution in [3.8, 4) is 11.8 Å². The van der Waals surface area contributed by atoms with Crippen molar-refractivity contribution in [1.29, 1.82) is 0 Å². The molecule has 1 heterocycles. The highest BCUT2D eigenvalue weighted by atomic mass is 32.1. The summed E-state index contributed by atoms with van der Waals surface area (Å²) < 4.78 is 0. The minimum atomic E-state index is 0.0303. The normalized spacial score (nSPS) is 9.44. The molecule has 1 N–H and O–H groups in total. The van der Waals surface area contributed by atoms with Crippen molar-refractivity contribution < 1.29 is 9.90 Å². The van der Waals surface area contributed by atoms with Crippen LogP contribution in [0.1, 0.15) is 27.9 Å². The molecule has 16 heavy (non-hydrogen) atoms. The van der Waals surface area contributed by atoms with E-state index in [-0.39, 0.29) is 12.5 Å². The molecule has 0 aliphatic heterocycles. The number of hydrogen-bond donors (Lipinski definition) is 1. The van der Waals surface area contributed by atoms with E-state index in [0.29, 0.717) is 17.8 Å². The van der Waals surface area contributed by atoms with Gasteiger partial charge in [0.1, 0.15) is 0 Å². The minimum Gasteiger partial charge on any atom is -0.395 e. The van der Waals surface area contributed by atoms with Gasteiger partial charge < -0.3 is 10.0 Å². The Bertz CT molecular complexity index is 414. The van der Waals surface area contributed by atoms with Crippen LogP contribution >= 0.6 is 11.3 Å². The first-order valence-electron chi connectivity index (χ1n) is 5.14. The Labute approximate surface area is 99.7 Å². The second kappa shape index (κ2) is 6.31. The molecule has 1 aromatic rings. The summed E-state index contributed by atoms with van der Waals surface area (Å²) in [5.41, 5.74) is 0. The highest BCUT2D eigenvalue weighted by Crippen LogP contribution is 2.16. The van der Waals surface area contributed by atoms with E-state index < -0.39 is 0 Å². The average Bonchev–Trinajstić information content (AvgIpc) is 2.76. The molecule has 0 aliphatic rings. The lowest BCUT2D eigenvalue weighted by atomic mass is 10.3. The topological polar surface area (TPSA) is 40.5 Å². The number of nitrogens with zero attached hydrogens (tertiary/aromatic N) is 1. The third-order valence-electron chi connectivity index (χ3n) is 2.09. The van der Waals surface area contributed by atoms with Crippen LogP contribution in [0.4, 0.5) is 0 Å². The van der Waals surface area contributed by atoms with E-state index in [9.17, 15) is 4.79 Å². The zero-order valence-corrected chi connectivity index (χ0v) is 10.3. The molecule has 1 amide bonds. The zero-order valence-electron chi connectivity index (χ0n) is 9.49. The standard InChI is InChI=1S/C12H15NO2S/c1-3-13(2)12(15)11-8-7-10(16-11)6-4-5-9-14/h7-8,14H,3,5,9H2,1-2H3. The van der Waals surface area contributed by atoms with Crippen LogP contribution in [0.3, 0.4) is 0 Å². The average molecular weight is 237 g/mol. The maximum atomic E-state index is 11.8. The van der Waals surface area contributed by atoms with Gasteiger partial charge in [0.2, 0.25) is 0 Å². The van der Waals surface area contributed by atoms with Crippen molar-refractivity contribution in [3.63, 3.8) is 0 Å².